The number of nitrogens with one attached hydrogen (secondary N) is 2. The number of benzene rings is 1. The lowest BCUT2D eigenvalue weighted by molar-refractivity contribution is -0.141. The molecule has 0 saturated carbocycles. The lowest BCUT2D eigenvalue weighted by atomic mass is 9.91. The molecule has 1 aliphatic heterocycles. The van der Waals surface area contributed by atoms with E-state index in [1.165, 1.54) is 4.90 Å². The lowest BCUT2D eigenvalue weighted by Crippen LogP contribution is -2.48. The summed E-state index contributed by atoms with van der Waals surface area (Å²) in [4.78, 5) is 47.4. The topological polar surface area (TPSA) is 159 Å². The van der Waals surface area contributed by atoms with Gasteiger partial charge in [-0.05, 0) is 35.5 Å². The van der Waals surface area contributed by atoms with E-state index < -0.39 is 18.1 Å². The SMILES string of the molecule is CCC(COc1cc([C@@H](C(=O)N2C[C@H](O)C[C@H]2C(=O)NCc2ccc(-c3scnc3C)cc2)C(C)C)on1)OCCNCCC(=O)N(C)C. The Morgan fingerprint density at radius 3 is 2.59 bits per heavy atom. The number of β-amino-alcohol motifs (C(OH)–C–C–N with tert-alkyl or cyclic N) is 1. The van der Waals surface area contributed by atoms with Crippen LogP contribution >= 0.6 is 11.3 Å². The number of aliphatic hydroxyl groups is 1. The number of aliphatic hydroxyl groups excluding tert-OH is 1. The number of ether oxygens (including phenoxy) is 2. The van der Waals surface area contributed by atoms with Crippen molar-refractivity contribution in [1.82, 2.24) is 30.6 Å². The van der Waals surface area contributed by atoms with Crippen LogP contribution < -0.4 is 15.4 Å². The molecule has 0 radical (unpaired) electrons. The molecule has 3 heterocycles. The van der Waals surface area contributed by atoms with Crippen molar-refractivity contribution in [3.8, 4) is 16.3 Å². The van der Waals surface area contributed by atoms with Crippen molar-refractivity contribution in [3.05, 3.63) is 52.9 Å². The standard InChI is InChI=1S/C35H50N6O7S/c1-7-27(46-15-14-36-13-12-31(43)40(5)6)20-47-30-17-29(48-39-30)32(22(2)3)35(45)41-19-26(42)16-28(41)34(44)37-18-24-8-10-25(11-9-24)33-23(4)38-21-49-33/h8-11,17,21-22,26-28,32,36,42H,7,12-16,18-20H2,1-6H3,(H,37,44)/t26-,27?,28+,32+/m1/s1. The molecule has 0 aliphatic carbocycles. The molecule has 4 atom stereocenters. The van der Waals surface area contributed by atoms with Crippen LogP contribution in [0.15, 0.2) is 40.4 Å². The third kappa shape index (κ3) is 10.6. The van der Waals surface area contributed by atoms with Gasteiger partial charge in [-0.1, -0.05) is 45.0 Å². The molecule has 13 nitrogen and oxygen atoms in total. The van der Waals surface area contributed by atoms with Gasteiger partial charge in [-0.3, -0.25) is 14.4 Å². The number of aryl methyl sites for hydroxylation is 1. The number of likely N-dealkylation sites (tertiary alicyclic amines) is 1. The van der Waals surface area contributed by atoms with Crippen LogP contribution in [-0.2, 0) is 25.7 Å². The summed E-state index contributed by atoms with van der Waals surface area (Å²) in [7, 11) is 3.47. The van der Waals surface area contributed by atoms with Crippen LogP contribution in [0.1, 0.15) is 63.0 Å². The van der Waals surface area contributed by atoms with Crippen LogP contribution in [0.5, 0.6) is 5.88 Å². The Hall–Kier alpha value is -3.85. The smallest absolute Gasteiger partial charge is 0.254 e. The van der Waals surface area contributed by atoms with Gasteiger partial charge in [0.1, 0.15) is 18.6 Å². The molecular weight excluding hydrogens is 648 g/mol. The zero-order valence-corrected chi connectivity index (χ0v) is 30.1. The highest BCUT2D eigenvalue weighted by Gasteiger charge is 2.43. The van der Waals surface area contributed by atoms with E-state index in [0.29, 0.717) is 38.4 Å². The van der Waals surface area contributed by atoms with Gasteiger partial charge < -0.3 is 39.5 Å². The van der Waals surface area contributed by atoms with E-state index in [1.54, 1.807) is 36.4 Å². The van der Waals surface area contributed by atoms with Gasteiger partial charge in [-0.25, -0.2) is 4.98 Å². The Morgan fingerprint density at radius 1 is 1.18 bits per heavy atom. The number of nitrogens with zero attached hydrogens (tertiary/aromatic N) is 4. The van der Waals surface area contributed by atoms with Crippen LogP contribution in [0.2, 0.25) is 0 Å². The van der Waals surface area contributed by atoms with E-state index in [-0.39, 0.29) is 55.2 Å². The molecule has 14 heteroatoms. The summed E-state index contributed by atoms with van der Waals surface area (Å²) in [5.41, 5.74) is 4.79. The predicted octanol–water partition coefficient (Wildman–Crippen LogP) is 3.37. The second-order valence-electron chi connectivity index (χ2n) is 12.9. The van der Waals surface area contributed by atoms with Gasteiger partial charge in [0.15, 0.2) is 5.76 Å². The van der Waals surface area contributed by atoms with Crippen molar-refractivity contribution in [2.45, 2.75) is 77.7 Å². The molecule has 1 unspecified atom stereocenters. The maximum Gasteiger partial charge on any atom is 0.254 e. The molecule has 1 aromatic carbocycles. The minimum atomic E-state index is -0.815. The Bertz CT molecular complexity index is 1510. The first-order valence-corrected chi connectivity index (χ1v) is 17.7. The van der Waals surface area contributed by atoms with Gasteiger partial charge in [0.05, 0.1) is 34.9 Å². The van der Waals surface area contributed by atoms with Crippen molar-refractivity contribution in [2.75, 3.05) is 46.9 Å². The first-order valence-electron chi connectivity index (χ1n) is 16.9. The monoisotopic (exact) mass is 698 g/mol. The van der Waals surface area contributed by atoms with Crippen LogP contribution in [0.4, 0.5) is 0 Å². The fourth-order valence-corrected chi connectivity index (χ4v) is 6.48. The first-order chi connectivity index (χ1) is 23.5. The third-order valence-corrected chi connectivity index (χ3v) is 9.54. The van der Waals surface area contributed by atoms with Gasteiger partial charge in [-0.15, -0.1) is 11.3 Å². The number of rotatable bonds is 18. The minimum Gasteiger partial charge on any atom is -0.473 e. The highest BCUT2D eigenvalue weighted by Crippen LogP contribution is 2.33. The molecule has 4 rings (SSSR count). The molecular formula is C35H50N6O7S. The molecule has 1 saturated heterocycles. The molecule has 3 aromatic rings. The normalized spacial score (nSPS) is 17.3. The molecule has 2 aromatic heterocycles. The average molecular weight is 699 g/mol. The predicted molar refractivity (Wildman–Crippen MR) is 186 cm³/mol. The van der Waals surface area contributed by atoms with E-state index in [2.05, 4.69) is 20.8 Å². The van der Waals surface area contributed by atoms with E-state index >= 15 is 0 Å². The van der Waals surface area contributed by atoms with Crippen molar-refractivity contribution in [3.63, 3.8) is 0 Å². The maximum atomic E-state index is 13.9. The number of amides is 3. The molecule has 0 bridgehead atoms. The highest BCUT2D eigenvalue weighted by atomic mass is 32.1. The van der Waals surface area contributed by atoms with Crippen molar-refractivity contribution in [2.24, 2.45) is 5.92 Å². The number of hydrogen-bond acceptors (Lipinski definition) is 11. The Kier molecular flexibility index (Phi) is 14.1. The van der Waals surface area contributed by atoms with Gasteiger partial charge >= 0.3 is 0 Å². The second kappa shape index (κ2) is 18.2. The third-order valence-electron chi connectivity index (χ3n) is 8.56. The molecule has 0 spiro atoms. The van der Waals surface area contributed by atoms with Crippen LogP contribution in [0.25, 0.3) is 10.4 Å². The maximum absolute atomic E-state index is 13.9. The summed E-state index contributed by atoms with van der Waals surface area (Å²) >= 11 is 1.59. The molecule has 3 amide bonds. The lowest BCUT2D eigenvalue weighted by Gasteiger charge is -2.28. The fourth-order valence-electron chi connectivity index (χ4n) is 5.67. The van der Waals surface area contributed by atoms with E-state index in [1.807, 2.05) is 57.5 Å². The summed E-state index contributed by atoms with van der Waals surface area (Å²) in [6.07, 6.45) is 0.301. The summed E-state index contributed by atoms with van der Waals surface area (Å²) in [5.74, 6) is -0.895. The van der Waals surface area contributed by atoms with E-state index in [9.17, 15) is 19.5 Å². The molecule has 3 N–H and O–H groups in total. The van der Waals surface area contributed by atoms with E-state index in [4.69, 9.17) is 14.0 Å². The molecule has 1 fully saturated rings. The van der Waals surface area contributed by atoms with Gasteiger partial charge in [0.2, 0.25) is 17.7 Å². The number of aromatic nitrogens is 2. The van der Waals surface area contributed by atoms with Crippen molar-refractivity contribution in [1.29, 1.82) is 0 Å². The Morgan fingerprint density at radius 2 is 1.94 bits per heavy atom. The largest absolute Gasteiger partial charge is 0.473 e. The summed E-state index contributed by atoms with van der Waals surface area (Å²) in [6.45, 7) is 10.0. The van der Waals surface area contributed by atoms with Crippen molar-refractivity contribution >= 4 is 29.1 Å². The Labute approximate surface area is 292 Å². The number of thiazole rings is 1. The minimum absolute atomic E-state index is 0.0524. The van der Waals surface area contributed by atoms with Crippen LogP contribution in [0.3, 0.4) is 0 Å². The molecule has 1 aliphatic rings. The molecule has 49 heavy (non-hydrogen) atoms. The van der Waals surface area contributed by atoms with E-state index in [0.717, 1.165) is 28.1 Å². The zero-order valence-electron chi connectivity index (χ0n) is 29.3. The number of carbonyl (C=O) groups is 3. The zero-order chi connectivity index (χ0) is 35.5. The van der Waals surface area contributed by atoms with Crippen LogP contribution in [-0.4, -0.2) is 108 Å². The van der Waals surface area contributed by atoms with Crippen LogP contribution in [0, 0.1) is 12.8 Å². The average Bonchev–Trinajstić information content (AvgIpc) is 3.83. The van der Waals surface area contributed by atoms with Crippen molar-refractivity contribution < 1.29 is 33.5 Å². The van der Waals surface area contributed by atoms with Gasteiger partial charge in [0.25, 0.3) is 5.88 Å². The summed E-state index contributed by atoms with van der Waals surface area (Å²) < 4.78 is 17.4. The van der Waals surface area contributed by atoms with Gasteiger partial charge in [0, 0.05) is 59.2 Å². The second-order valence-corrected chi connectivity index (χ2v) is 13.7. The number of hydrogen-bond donors (Lipinski definition) is 3. The van der Waals surface area contributed by atoms with Gasteiger partial charge in [-0.2, -0.15) is 0 Å². The molecule has 268 valence electrons. The quantitative estimate of drug-likeness (QED) is 0.168. The highest BCUT2D eigenvalue weighted by molar-refractivity contribution is 7.13. The fraction of sp³-hybridized carbons (Fsp3) is 0.571. The summed E-state index contributed by atoms with van der Waals surface area (Å²) in [5, 5.41) is 20.7. The number of carbonyl (C=O) groups excluding carboxylic acids is 3. The first kappa shape index (κ1) is 38.0. The summed E-state index contributed by atoms with van der Waals surface area (Å²) in [6, 6.07) is 8.74. The Balaban J connectivity index is 1.29.